The second kappa shape index (κ2) is 4.58. The summed E-state index contributed by atoms with van der Waals surface area (Å²) in [4.78, 5) is 15.5. The highest BCUT2D eigenvalue weighted by molar-refractivity contribution is 5.81. The molecule has 0 saturated carbocycles. The van der Waals surface area contributed by atoms with Crippen molar-refractivity contribution in [3.8, 4) is 0 Å². The van der Waals surface area contributed by atoms with Gasteiger partial charge in [-0.05, 0) is 26.6 Å². The Morgan fingerprint density at radius 3 is 2.85 bits per heavy atom. The summed E-state index contributed by atoms with van der Waals surface area (Å²) in [6, 6.07) is 0.0116. The molecule has 1 heterocycles. The first kappa shape index (κ1) is 10.5. The minimum absolute atomic E-state index is 0.0116. The van der Waals surface area contributed by atoms with E-state index in [0.717, 1.165) is 26.1 Å². The van der Waals surface area contributed by atoms with Gasteiger partial charge in [0.1, 0.15) is 6.04 Å². The van der Waals surface area contributed by atoms with E-state index in [1.54, 1.807) is 19.0 Å². The molecular weight excluding hydrogens is 166 g/mol. The summed E-state index contributed by atoms with van der Waals surface area (Å²) in [7, 11) is 5.63. The summed E-state index contributed by atoms with van der Waals surface area (Å²) in [6.07, 6.45) is 1.12. The zero-order valence-corrected chi connectivity index (χ0v) is 8.71. The van der Waals surface area contributed by atoms with Crippen LogP contribution in [0.2, 0.25) is 0 Å². The van der Waals surface area contributed by atoms with E-state index < -0.39 is 0 Å². The predicted octanol–water partition coefficient (Wildman–Crippen LogP) is -0.632. The third-order valence-electron chi connectivity index (χ3n) is 2.46. The largest absolute Gasteiger partial charge is 0.347 e. The number of likely N-dealkylation sites (N-methyl/N-ethyl adjacent to an activating group) is 2. The van der Waals surface area contributed by atoms with Crippen LogP contribution in [0.15, 0.2) is 0 Å². The Kier molecular flexibility index (Phi) is 3.69. The number of amides is 1. The van der Waals surface area contributed by atoms with Crippen LogP contribution in [0.4, 0.5) is 0 Å². The lowest BCUT2D eigenvalue weighted by molar-refractivity contribution is -0.133. The highest BCUT2D eigenvalue weighted by Gasteiger charge is 2.25. The van der Waals surface area contributed by atoms with Gasteiger partial charge in [-0.25, -0.2) is 0 Å². The first-order valence-electron chi connectivity index (χ1n) is 4.75. The third-order valence-corrected chi connectivity index (χ3v) is 2.46. The molecule has 1 unspecified atom stereocenters. The molecule has 0 aromatic heterocycles. The quantitative estimate of drug-likeness (QED) is 0.591. The molecule has 0 spiro atoms. The van der Waals surface area contributed by atoms with Gasteiger partial charge in [0.15, 0.2) is 0 Å². The van der Waals surface area contributed by atoms with Crippen molar-refractivity contribution in [1.82, 2.24) is 15.1 Å². The molecule has 1 amide bonds. The van der Waals surface area contributed by atoms with E-state index in [-0.39, 0.29) is 11.9 Å². The van der Waals surface area contributed by atoms with Crippen LogP contribution >= 0.6 is 0 Å². The maximum absolute atomic E-state index is 11.7. The molecule has 1 rings (SSSR count). The molecule has 4 heteroatoms. The van der Waals surface area contributed by atoms with Crippen molar-refractivity contribution in [2.75, 3.05) is 40.8 Å². The van der Waals surface area contributed by atoms with Crippen LogP contribution in [0.3, 0.4) is 0 Å². The fourth-order valence-electron chi connectivity index (χ4n) is 1.58. The van der Waals surface area contributed by atoms with E-state index in [9.17, 15) is 4.79 Å². The Labute approximate surface area is 79.9 Å². The van der Waals surface area contributed by atoms with E-state index in [1.807, 2.05) is 7.05 Å². The lowest BCUT2D eigenvalue weighted by Crippen LogP contribution is -2.48. The van der Waals surface area contributed by atoms with Crippen molar-refractivity contribution in [3.63, 3.8) is 0 Å². The Morgan fingerprint density at radius 1 is 1.54 bits per heavy atom. The molecule has 0 aromatic rings. The molecule has 0 bridgehead atoms. The van der Waals surface area contributed by atoms with Crippen LogP contribution in [0.1, 0.15) is 6.42 Å². The Morgan fingerprint density at radius 2 is 2.23 bits per heavy atom. The van der Waals surface area contributed by atoms with E-state index in [4.69, 9.17) is 0 Å². The molecule has 1 aliphatic heterocycles. The maximum Gasteiger partial charge on any atom is 0.240 e. The van der Waals surface area contributed by atoms with Crippen LogP contribution in [-0.4, -0.2) is 62.5 Å². The van der Waals surface area contributed by atoms with Crippen molar-refractivity contribution in [2.24, 2.45) is 0 Å². The minimum atomic E-state index is 0.0116. The van der Waals surface area contributed by atoms with Crippen LogP contribution in [-0.2, 0) is 4.79 Å². The van der Waals surface area contributed by atoms with Gasteiger partial charge in [0.2, 0.25) is 5.91 Å². The van der Waals surface area contributed by atoms with Crippen LogP contribution < -0.4 is 5.32 Å². The Bertz CT molecular complexity index is 182. The smallest absolute Gasteiger partial charge is 0.240 e. The lowest BCUT2D eigenvalue weighted by Gasteiger charge is -2.26. The van der Waals surface area contributed by atoms with Gasteiger partial charge in [-0.2, -0.15) is 0 Å². The molecule has 1 fully saturated rings. The second-order valence-electron chi connectivity index (χ2n) is 3.79. The lowest BCUT2D eigenvalue weighted by atomic mass is 10.2. The van der Waals surface area contributed by atoms with Gasteiger partial charge in [-0.15, -0.1) is 0 Å². The van der Waals surface area contributed by atoms with Crippen molar-refractivity contribution in [3.05, 3.63) is 0 Å². The first-order valence-corrected chi connectivity index (χ1v) is 4.75. The number of nitrogens with zero attached hydrogens (tertiary/aromatic N) is 2. The summed E-state index contributed by atoms with van der Waals surface area (Å²) < 4.78 is 0. The van der Waals surface area contributed by atoms with Gasteiger partial charge in [0.05, 0.1) is 0 Å². The number of rotatable bonds is 1. The maximum atomic E-state index is 11.7. The van der Waals surface area contributed by atoms with Gasteiger partial charge in [0, 0.05) is 20.6 Å². The van der Waals surface area contributed by atoms with Crippen LogP contribution in [0.25, 0.3) is 0 Å². The van der Waals surface area contributed by atoms with Gasteiger partial charge in [-0.1, -0.05) is 0 Å². The van der Waals surface area contributed by atoms with Gasteiger partial charge in [-0.3, -0.25) is 9.69 Å². The van der Waals surface area contributed by atoms with E-state index in [1.165, 1.54) is 0 Å². The van der Waals surface area contributed by atoms with Crippen molar-refractivity contribution < 1.29 is 4.79 Å². The topological polar surface area (TPSA) is 35.6 Å². The van der Waals surface area contributed by atoms with Gasteiger partial charge in [0.25, 0.3) is 0 Å². The fraction of sp³-hybridized carbons (Fsp3) is 0.889. The van der Waals surface area contributed by atoms with E-state index >= 15 is 0 Å². The molecular formula is C9H19N3O. The Hall–Kier alpha value is -0.610. The van der Waals surface area contributed by atoms with Crippen molar-refractivity contribution in [1.29, 1.82) is 0 Å². The molecule has 1 N–H and O–H groups in total. The number of nitrogens with one attached hydrogen (secondary N) is 1. The molecule has 4 nitrogen and oxygen atoms in total. The van der Waals surface area contributed by atoms with Crippen molar-refractivity contribution in [2.45, 2.75) is 12.5 Å². The molecule has 0 aromatic carbocycles. The van der Waals surface area contributed by atoms with E-state index in [0.29, 0.717) is 0 Å². The molecule has 0 radical (unpaired) electrons. The average Bonchev–Trinajstić information content (AvgIpc) is 2.28. The fourth-order valence-corrected chi connectivity index (χ4v) is 1.58. The van der Waals surface area contributed by atoms with Gasteiger partial charge < -0.3 is 10.2 Å². The Balaban J connectivity index is 2.58. The molecule has 1 atom stereocenters. The molecule has 13 heavy (non-hydrogen) atoms. The van der Waals surface area contributed by atoms with Crippen molar-refractivity contribution >= 4 is 5.91 Å². The highest BCUT2D eigenvalue weighted by Crippen LogP contribution is 2.03. The van der Waals surface area contributed by atoms with Crippen LogP contribution in [0.5, 0.6) is 0 Å². The number of hydrogen-bond donors (Lipinski definition) is 1. The summed E-state index contributed by atoms with van der Waals surface area (Å²) in [5.74, 6) is 0.192. The highest BCUT2D eigenvalue weighted by atomic mass is 16.2. The summed E-state index contributed by atoms with van der Waals surface area (Å²) in [5.41, 5.74) is 0. The number of hydrogen-bond acceptors (Lipinski definition) is 3. The first-order chi connectivity index (χ1) is 6.13. The summed E-state index contributed by atoms with van der Waals surface area (Å²) >= 11 is 0. The van der Waals surface area contributed by atoms with E-state index in [2.05, 4.69) is 10.2 Å². The molecule has 0 aliphatic carbocycles. The molecule has 1 aliphatic rings. The van der Waals surface area contributed by atoms with Gasteiger partial charge >= 0.3 is 0 Å². The molecule has 76 valence electrons. The average molecular weight is 185 g/mol. The number of carbonyl (C=O) groups excluding carboxylic acids is 1. The zero-order chi connectivity index (χ0) is 9.84. The summed E-state index contributed by atoms with van der Waals surface area (Å²) in [6.45, 7) is 2.78. The summed E-state index contributed by atoms with van der Waals surface area (Å²) in [5, 5.41) is 3.27. The third kappa shape index (κ3) is 2.67. The standard InChI is InChI=1S/C9H19N3O/c1-11(2)9(13)8-7-10-5-4-6-12(8)3/h8,10H,4-7H2,1-3H3. The normalized spacial score (nSPS) is 25.3. The monoisotopic (exact) mass is 185 g/mol. The second-order valence-corrected chi connectivity index (χ2v) is 3.79. The molecule has 1 saturated heterocycles. The number of carbonyl (C=O) groups is 1. The van der Waals surface area contributed by atoms with Crippen LogP contribution in [0, 0.1) is 0 Å². The zero-order valence-electron chi connectivity index (χ0n) is 8.71. The minimum Gasteiger partial charge on any atom is -0.347 e. The SMILES string of the molecule is CN(C)C(=O)C1CNCCCN1C. The predicted molar refractivity (Wildman–Crippen MR) is 52.6 cm³/mol.